The number of fused-ring (bicyclic) bond motifs is 1. The van der Waals surface area contributed by atoms with Crippen LogP contribution >= 0.6 is 0 Å². The summed E-state index contributed by atoms with van der Waals surface area (Å²) in [5.41, 5.74) is 1.34. The molecule has 1 saturated heterocycles. The summed E-state index contributed by atoms with van der Waals surface area (Å²) in [7, 11) is 0. The zero-order valence-electron chi connectivity index (χ0n) is 9.70. The van der Waals surface area contributed by atoms with Crippen LogP contribution < -0.4 is 0 Å². The highest BCUT2D eigenvalue weighted by Gasteiger charge is 2.35. The minimum Gasteiger partial charge on any atom is -0.465 e. The zero-order valence-corrected chi connectivity index (χ0v) is 9.70. The first-order valence-electron chi connectivity index (χ1n) is 6.01. The number of rotatable bonds is 0. The minimum atomic E-state index is -0.144. The number of ether oxygens (including phenoxy) is 1. The molecule has 1 aliphatic heterocycles. The Kier molecular flexibility index (Phi) is 3.42. The molecule has 88 valence electrons. The SMILES string of the molecule is C/C1=C\CCC(=O)[C@@H]2COC(=O)C[C@H]2CC1. The van der Waals surface area contributed by atoms with Crippen LogP contribution in [0.5, 0.6) is 0 Å². The van der Waals surface area contributed by atoms with Crippen molar-refractivity contribution in [2.45, 2.75) is 39.0 Å². The quantitative estimate of drug-likeness (QED) is 0.466. The van der Waals surface area contributed by atoms with Crippen LogP contribution in [0.1, 0.15) is 39.0 Å². The van der Waals surface area contributed by atoms with E-state index in [1.165, 1.54) is 5.57 Å². The molecule has 0 N–H and O–H groups in total. The van der Waals surface area contributed by atoms with Gasteiger partial charge in [-0.25, -0.2) is 0 Å². The van der Waals surface area contributed by atoms with Gasteiger partial charge in [0.2, 0.25) is 0 Å². The first-order valence-corrected chi connectivity index (χ1v) is 6.01. The number of cyclic esters (lactones) is 1. The van der Waals surface area contributed by atoms with Crippen LogP contribution in [0.4, 0.5) is 0 Å². The van der Waals surface area contributed by atoms with E-state index in [1.54, 1.807) is 0 Å². The molecule has 0 saturated carbocycles. The van der Waals surface area contributed by atoms with E-state index in [4.69, 9.17) is 4.74 Å². The van der Waals surface area contributed by atoms with Gasteiger partial charge in [-0.2, -0.15) is 0 Å². The van der Waals surface area contributed by atoms with Gasteiger partial charge in [-0.05, 0) is 32.1 Å². The fraction of sp³-hybridized carbons (Fsp3) is 0.692. The largest absolute Gasteiger partial charge is 0.465 e. The molecule has 0 aromatic carbocycles. The number of Topliss-reactive ketones (excluding diaryl/α,β-unsaturated/α-hetero) is 1. The molecule has 2 aliphatic rings. The van der Waals surface area contributed by atoms with Crippen LogP contribution in [0, 0.1) is 11.8 Å². The van der Waals surface area contributed by atoms with Crippen LogP contribution in [0.3, 0.4) is 0 Å². The Morgan fingerprint density at radius 3 is 2.94 bits per heavy atom. The van der Waals surface area contributed by atoms with E-state index in [1.807, 2.05) is 0 Å². The molecular formula is C13H18O3. The fourth-order valence-electron chi connectivity index (χ4n) is 2.55. The lowest BCUT2D eigenvalue weighted by molar-refractivity contribution is -0.155. The number of hydrogen-bond donors (Lipinski definition) is 0. The van der Waals surface area contributed by atoms with Gasteiger partial charge in [-0.1, -0.05) is 11.6 Å². The second-order valence-corrected chi connectivity index (χ2v) is 4.85. The summed E-state index contributed by atoms with van der Waals surface area (Å²) >= 11 is 0. The third kappa shape index (κ3) is 2.52. The average Bonchev–Trinajstić information content (AvgIpc) is 2.31. The predicted molar refractivity (Wildman–Crippen MR) is 59.8 cm³/mol. The van der Waals surface area contributed by atoms with Gasteiger partial charge in [0, 0.05) is 12.8 Å². The normalized spacial score (nSPS) is 34.9. The summed E-state index contributed by atoms with van der Waals surface area (Å²) in [6, 6.07) is 0. The minimum absolute atomic E-state index is 0.0444. The van der Waals surface area contributed by atoms with Crippen LogP contribution in [-0.4, -0.2) is 18.4 Å². The van der Waals surface area contributed by atoms with Crippen molar-refractivity contribution in [2.75, 3.05) is 6.61 Å². The summed E-state index contributed by atoms with van der Waals surface area (Å²) in [6.45, 7) is 2.41. The van der Waals surface area contributed by atoms with E-state index in [0.29, 0.717) is 19.4 Å². The van der Waals surface area contributed by atoms with Gasteiger partial charge < -0.3 is 4.74 Å². The Labute approximate surface area is 95.9 Å². The molecule has 0 amide bonds. The zero-order chi connectivity index (χ0) is 11.5. The fourth-order valence-corrected chi connectivity index (χ4v) is 2.55. The van der Waals surface area contributed by atoms with Gasteiger partial charge in [0.05, 0.1) is 5.92 Å². The van der Waals surface area contributed by atoms with Crippen LogP contribution in [0.15, 0.2) is 11.6 Å². The molecule has 3 nitrogen and oxygen atoms in total. The molecule has 0 unspecified atom stereocenters. The van der Waals surface area contributed by atoms with E-state index in [0.717, 1.165) is 19.3 Å². The average molecular weight is 222 g/mol. The highest BCUT2D eigenvalue weighted by molar-refractivity contribution is 5.83. The first kappa shape index (κ1) is 11.4. The molecule has 0 aromatic rings. The van der Waals surface area contributed by atoms with Gasteiger partial charge >= 0.3 is 5.97 Å². The van der Waals surface area contributed by atoms with E-state index >= 15 is 0 Å². The molecule has 0 radical (unpaired) electrons. The number of carbonyl (C=O) groups excluding carboxylic acids is 2. The van der Waals surface area contributed by atoms with Crippen molar-refractivity contribution in [2.24, 2.45) is 11.8 Å². The van der Waals surface area contributed by atoms with Crippen molar-refractivity contribution < 1.29 is 14.3 Å². The molecule has 3 heteroatoms. The first-order chi connectivity index (χ1) is 7.66. The van der Waals surface area contributed by atoms with Gasteiger partial charge in [-0.15, -0.1) is 0 Å². The standard InChI is InChI=1S/C13H18O3/c1-9-3-2-4-12(14)11-8-16-13(15)7-10(11)6-5-9/h3,10-11H,2,4-8H2,1H3/b9-3+/t10-,11-/m1/s1. The van der Waals surface area contributed by atoms with E-state index in [9.17, 15) is 9.59 Å². The summed E-state index contributed by atoms with van der Waals surface area (Å²) < 4.78 is 5.00. The maximum atomic E-state index is 11.9. The maximum absolute atomic E-state index is 11.9. The molecule has 0 spiro atoms. The highest BCUT2D eigenvalue weighted by atomic mass is 16.5. The second kappa shape index (κ2) is 4.81. The van der Waals surface area contributed by atoms with Gasteiger partial charge in [0.15, 0.2) is 0 Å². The van der Waals surface area contributed by atoms with Crippen LogP contribution in [0.25, 0.3) is 0 Å². The van der Waals surface area contributed by atoms with Crippen molar-refractivity contribution in [1.82, 2.24) is 0 Å². The molecule has 0 aromatic heterocycles. The molecular weight excluding hydrogens is 204 g/mol. The monoisotopic (exact) mass is 222 g/mol. The van der Waals surface area contributed by atoms with Crippen molar-refractivity contribution in [3.63, 3.8) is 0 Å². The van der Waals surface area contributed by atoms with Gasteiger partial charge in [0.25, 0.3) is 0 Å². The molecule has 16 heavy (non-hydrogen) atoms. The summed E-state index contributed by atoms with van der Waals surface area (Å²) in [6.07, 6.45) is 5.94. The topological polar surface area (TPSA) is 43.4 Å². The highest BCUT2D eigenvalue weighted by Crippen LogP contribution is 2.31. The smallest absolute Gasteiger partial charge is 0.306 e. The molecule has 0 bridgehead atoms. The number of allylic oxidation sites excluding steroid dienone is 2. The summed E-state index contributed by atoms with van der Waals surface area (Å²) in [4.78, 5) is 23.2. The second-order valence-electron chi connectivity index (χ2n) is 4.85. The van der Waals surface area contributed by atoms with Gasteiger partial charge in [0.1, 0.15) is 12.4 Å². The van der Waals surface area contributed by atoms with Crippen LogP contribution in [0.2, 0.25) is 0 Å². The van der Waals surface area contributed by atoms with Crippen molar-refractivity contribution in [3.05, 3.63) is 11.6 Å². The van der Waals surface area contributed by atoms with E-state index in [-0.39, 0.29) is 23.6 Å². The number of ketones is 1. The third-order valence-electron chi connectivity index (χ3n) is 3.63. The number of hydrogen-bond acceptors (Lipinski definition) is 3. The van der Waals surface area contributed by atoms with E-state index < -0.39 is 0 Å². The van der Waals surface area contributed by atoms with Crippen molar-refractivity contribution >= 4 is 11.8 Å². The lowest BCUT2D eigenvalue weighted by Crippen LogP contribution is -2.35. The maximum Gasteiger partial charge on any atom is 0.306 e. The Morgan fingerprint density at radius 2 is 2.12 bits per heavy atom. The lowest BCUT2D eigenvalue weighted by Gasteiger charge is -2.29. The van der Waals surface area contributed by atoms with Gasteiger partial charge in [-0.3, -0.25) is 9.59 Å². The third-order valence-corrected chi connectivity index (χ3v) is 3.63. The molecule has 1 fully saturated rings. The summed E-state index contributed by atoms with van der Waals surface area (Å²) in [5.74, 6) is 0.283. The Balaban J connectivity index is 2.12. The summed E-state index contributed by atoms with van der Waals surface area (Å²) in [5, 5.41) is 0. The molecule has 1 heterocycles. The number of carbonyl (C=O) groups is 2. The number of esters is 1. The molecule has 2 rings (SSSR count). The Bertz CT molecular complexity index is 330. The Morgan fingerprint density at radius 1 is 1.31 bits per heavy atom. The van der Waals surface area contributed by atoms with Crippen molar-refractivity contribution in [3.8, 4) is 0 Å². The van der Waals surface area contributed by atoms with Crippen LogP contribution in [-0.2, 0) is 14.3 Å². The van der Waals surface area contributed by atoms with Crippen molar-refractivity contribution in [1.29, 1.82) is 0 Å². The van der Waals surface area contributed by atoms with E-state index in [2.05, 4.69) is 13.0 Å². The Hall–Kier alpha value is -1.12. The molecule has 2 atom stereocenters. The predicted octanol–water partition coefficient (Wildman–Crippen LogP) is 2.26. The lowest BCUT2D eigenvalue weighted by atomic mass is 9.81. The molecule has 1 aliphatic carbocycles.